The zero-order valence-electron chi connectivity index (χ0n) is 13.0. The van der Waals surface area contributed by atoms with Gasteiger partial charge in [-0.15, -0.1) is 0 Å². The summed E-state index contributed by atoms with van der Waals surface area (Å²) in [5.74, 6) is 1.08. The molecule has 1 aliphatic rings. The van der Waals surface area contributed by atoms with Gasteiger partial charge in [0.15, 0.2) is 0 Å². The first-order valence-electron chi connectivity index (χ1n) is 7.84. The van der Waals surface area contributed by atoms with Crippen molar-refractivity contribution in [3.8, 4) is 5.75 Å². The molecule has 22 heavy (non-hydrogen) atoms. The molecule has 3 rings (SSSR count). The first kappa shape index (κ1) is 15.1. The van der Waals surface area contributed by atoms with E-state index in [1.165, 1.54) is 11.1 Å². The summed E-state index contributed by atoms with van der Waals surface area (Å²) in [5.41, 5.74) is 2.50. The molecule has 0 spiro atoms. The van der Waals surface area contributed by atoms with E-state index < -0.39 is 0 Å². The Morgan fingerprint density at radius 2 is 1.82 bits per heavy atom. The topological polar surface area (TPSA) is 32.7 Å². The molecule has 1 heterocycles. The Bertz CT molecular complexity index is 582. The molecule has 1 fully saturated rings. The summed E-state index contributed by atoms with van der Waals surface area (Å²) in [6.45, 7) is 2.65. The highest BCUT2D eigenvalue weighted by Gasteiger charge is 2.28. The number of aliphatic hydroxyl groups is 1. The molecule has 0 bridgehead atoms. The highest BCUT2D eigenvalue weighted by molar-refractivity contribution is 5.30. The Hall–Kier alpha value is -1.84. The van der Waals surface area contributed by atoms with Crippen LogP contribution in [0.3, 0.4) is 0 Å². The van der Waals surface area contributed by atoms with Crippen LogP contribution in [0, 0.1) is 0 Å². The van der Waals surface area contributed by atoms with Gasteiger partial charge in [0.05, 0.1) is 13.2 Å². The van der Waals surface area contributed by atoms with Crippen LogP contribution in [0.1, 0.15) is 23.5 Å². The number of β-amino-alcohol motifs (C(OH)–C–C–N with tert-alkyl or cyclic N) is 1. The lowest BCUT2D eigenvalue weighted by Gasteiger charge is -2.36. The molecule has 1 saturated heterocycles. The summed E-state index contributed by atoms with van der Waals surface area (Å²) in [6, 6.07) is 18.5. The summed E-state index contributed by atoms with van der Waals surface area (Å²) in [6.07, 6.45) is 0.672. The van der Waals surface area contributed by atoms with Crippen LogP contribution in [-0.4, -0.2) is 36.3 Å². The Kier molecular flexibility index (Phi) is 4.76. The number of nitrogens with zero attached hydrogens (tertiary/aromatic N) is 1. The zero-order chi connectivity index (χ0) is 15.4. The zero-order valence-corrected chi connectivity index (χ0v) is 13.0. The van der Waals surface area contributed by atoms with Crippen molar-refractivity contribution in [3.63, 3.8) is 0 Å². The fraction of sp³-hybridized carbons (Fsp3) is 0.368. The minimum absolute atomic E-state index is 0.220. The highest BCUT2D eigenvalue weighted by Crippen LogP contribution is 2.30. The van der Waals surface area contributed by atoms with E-state index in [0.717, 1.165) is 31.8 Å². The van der Waals surface area contributed by atoms with Crippen LogP contribution in [0.5, 0.6) is 5.75 Å². The van der Waals surface area contributed by atoms with Gasteiger partial charge >= 0.3 is 0 Å². The van der Waals surface area contributed by atoms with Crippen LogP contribution in [0.4, 0.5) is 0 Å². The molecule has 0 saturated carbocycles. The average Bonchev–Trinajstić information content (AvgIpc) is 2.56. The second-order valence-corrected chi connectivity index (χ2v) is 5.96. The molecule has 0 amide bonds. The molecule has 2 aromatic rings. The van der Waals surface area contributed by atoms with Crippen molar-refractivity contribution in [2.24, 2.45) is 0 Å². The van der Waals surface area contributed by atoms with Crippen molar-refractivity contribution in [1.29, 1.82) is 0 Å². The van der Waals surface area contributed by atoms with Crippen molar-refractivity contribution in [3.05, 3.63) is 65.7 Å². The van der Waals surface area contributed by atoms with E-state index >= 15 is 0 Å². The summed E-state index contributed by atoms with van der Waals surface area (Å²) >= 11 is 0. The van der Waals surface area contributed by atoms with Gasteiger partial charge in [-0.2, -0.15) is 0 Å². The second kappa shape index (κ2) is 6.95. The highest BCUT2D eigenvalue weighted by atomic mass is 16.5. The number of hydrogen-bond acceptors (Lipinski definition) is 3. The Morgan fingerprint density at radius 1 is 1.09 bits per heavy atom. The molecular weight excluding hydrogens is 274 g/mol. The van der Waals surface area contributed by atoms with Crippen LogP contribution in [0.15, 0.2) is 54.6 Å². The van der Waals surface area contributed by atoms with Gasteiger partial charge in [-0.05, 0) is 36.2 Å². The summed E-state index contributed by atoms with van der Waals surface area (Å²) < 4.78 is 5.20. The minimum atomic E-state index is -0.314. The third kappa shape index (κ3) is 3.49. The van der Waals surface area contributed by atoms with Crippen molar-refractivity contribution < 1.29 is 9.84 Å². The van der Waals surface area contributed by atoms with Crippen molar-refractivity contribution in [1.82, 2.24) is 4.90 Å². The number of rotatable bonds is 4. The first-order chi connectivity index (χ1) is 10.8. The first-order valence-corrected chi connectivity index (χ1v) is 7.84. The fourth-order valence-corrected chi connectivity index (χ4v) is 3.22. The van der Waals surface area contributed by atoms with E-state index in [4.69, 9.17) is 4.74 Å². The summed E-state index contributed by atoms with van der Waals surface area (Å²) in [4.78, 5) is 2.33. The Balaban J connectivity index is 1.62. The van der Waals surface area contributed by atoms with Crippen LogP contribution < -0.4 is 4.74 Å². The lowest BCUT2D eigenvalue weighted by atomic mass is 9.87. The van der Waals surface area contributed by atoms with E-state index in [1.54, 1.807) is 7.11 Å². The maximum Gasteiger partial charge on any atom is 0.118 e. The molecule has 2 atom stereocenters. The molecule has 1 aliphatic heterocycles. The minimum Gasteiger partial charge on any atom is -0.497 e. The number of aliphatic hydroxyl groups excluding tert-OH is 1. The van der Waals surface area contributed by atoms with Crippen molar-refractivity contribution in [2.45, 2.75) is 25.0 Å². The predicted molar refractivity (Wildman–Crippen MR) is 88.1 cm³/mol. The molecule has 0 radical (unpaired) electrons. The van der Waals surface area contributed by atoms with Gasteiger partial charge in [0.2, 0.25) is 0 Å². The van der Waals surface area contributed by atoms with Gasteiger partial charge in [-0.1, -0.05) is 42.5 Å². The van der Waals surface area contributed by atoms with Crippen molar-refractivity contribution in [2.75, 3.05) is 20.2 Å². The van der Waals surface area contributed by atoms with Crippen LogP contribution in [-0.2, 0) is 6.54 Å². The van der Waals surface area contributed by atoms with Gasteiger partial charge in [0.25, 0.3) is 0 Å². The molecule has 0 aliphatic carbocycles. The smallest absolute Gasteiger partial charge is 0.118 e. The maximum absolute atomic E-state index is 10.5. The number of methoxy groups -OCH3 is 1. The SMILES string of the molecule is COc1ccc([C@H]2CCN(Cc3ccccc3)C[C@@H]2O)cc1. The van der Waals surface area contributed by atoms with E-state index in [2.05, 4.69) is 41.3 Å². The number of hydrogen-bond donors (Lipinski definition) is 1. The Morgan fingerprint density at radius 3 is 2.45 bits per heavy atom. The second-order valence-electron chi connectivity index (χ2n) is 5.96. The average molecular weight is 297 g/mol. The van der Waals surface area contributed by atoms with Crippen LogP contribution >= 0.6 is 0 Å². The van der Waals surface area contributed by atoms with Gasteiger partial charge in [-0.3, -0.25) is 4.90 Å². The van der Waals surface area contributed by atoms with E-state index in [1.807, 2.05) is 18.2 Å². The predicted octanol–water partition coefficient (Wildman–Crippen LogP) is 3.05. The number of likely N-dealkylation sites (tertiary alicyclic amines) is 1. The number of piperidine rings is 1. The van der Waals surface area contributed by atoms with E-state index in [-0.39, 0.29) is 12.0 Å². The van der Waals surface area contributed by atoms with Gasteiger partial charge in [-0.25, -0.2) is 0 Å². The molecule has 0 unspecified atom stereocenters. The van der Waals surface area contributed by atoms with Crippen LogP contribution in [0.25, 0.3) is 0 Å². The fourth-order valence-electron chi connectivity index (χ4n) is 3.22. The number of ether oxygens (including phenoxy) is 1. The van der Waals surface area contributed by atoms with Crippen LogP contribution in [0.2, 0.25) is 0 Å². The largest absolute Gasteiger partial charge is 0.497 e. The molecular formula is C19H23NO2. The van der Waals surface area contributed by atoms with E-state index in [0.29, 0.717) is 0 Å². The lowest BCUT2D eigenvalue weighted by Crippen LogP contribution is -2.42. The lowest BCUT2D eigenvalue weighted by molar-refractivity contribution is 0.0476. The molecule has 2 aromatic carbocycles. The third-order valence-corrected chi connectivity index (χ3v) is 4.46. The number of benzene rings is 2. The summed E-state index contributed by atoms with van der Waals surface area (Å²) in [5, 5.41) is 10.5. The monoisotopic (exact) mass is 297 g/mol. The van der Waals surface area contributed by atoms with Gasteiger partial charge in [0, 0.05) is 19.0 Å². The van der Waals surface area contributed by atoms with E-state index in [9.17, 15) is 5.11 Å². The molecule has 3 nitrogen and oxygen atoms in total. The van der Waals surface area contributed by atoms with Gasteiger partial charge < -0.3 is 9.84 Å². The Labute approximate surface area is 132 Å². The van der Waals surface area contributed by atoms with Gasteiger partial charge in [0.1, 0.15) is 5.75 Å². The van der Waals surface area contributed by atoms with Crippen molar-refractivity contribution >= 4 is 0 Å². The standard InChI is InChI=1S/C19H23NO2/c1-22-17-9-7-16(8-10-17)18-11-12-20(14-19(18)21)13-15-5-3-2-4-6-15/h2-10,18-19,21H,11-14H2,1H3/t18-,19+/m1/s1. The molecule has 116 valence electrons. The molecule has 0 aromatic heterocycles. The normalized spacial score (nSPS) is 22.5. The molecule has 1 N–H and O–H groups in total. The quantitative estimate of drug-likeness (QED) is 0.941. The summed E-state index contributed by atoms with van der Waals surface area (Å²) in [7, 11) is 1.67. The maximum atomic E-state index is 10.5. The molecule has 3 heteroatoms. The third-order valence-electron chi connectivity index (χ3n) is 4.46.